The molecule has 0 N–H and O–H groups in total. The maximum absolute atomic E-state index is 14.2. The molecule has 4 aromatic carbocycles. The molecule has 1 aromatic heterocycles. The first-order valence-corrected chi connectivity index (χ1v) is 14.7. The van der Waals surface area contributed by atoms with Crippen molar-refractivity contribution in [3.8, 4) is 11.3 Å². The molecule has 6 heteroatoms. The van der Waals surface area contributed by atoms with E-state index < -0.39 is 6.04 Å². The molecule has 5 aromatic rings. The number of carbonyl (C=O) groups is 2. The van der Waals surface area contributed by atoms with Gasteiger partial charge in [0.1, 0.15) is 6.04 Å². The van der Waals surface area contributed by atoms with Gasteiger partial charge in [0.05, 0.1) is 11.7 Å². The van der Waals surface area contributed by atoms with Crippen LogP contribution in [0.1, 0.15) is 34.5 Å². The van der Waals surface area contributed by atoms with Gasteiger partial charge in [-0.15, -0.1) is 0 Å². The number of aromatic nitrogens is 1. The Balaban J connectivity index is 1.29. The summed E-state index contributed by atoms with van der Waals surface area (Å²) < 4.78 is 2.22. The highest BCUT2D eigenvalue weighted by Gasteiger charge is 2.45. The van der Waals surface area contributed by atoms with E-state index in [4.69, 9.17) is 0 Å². The van der Waals surface area contributed by atoms with Crippen molar-refractivity contribution in [2.75, 3.05) is 31.1 Å². The first-order chi connectivity index (χ1) is 20.5. The maximum atomic E-state index is 14.2. The van der Waals surface area contributed by atoms with Crippen molar-refractivity contribution < 1.29 is 9.59 Å². The number of amides is 2. The second kappa shape index (κ2) is 10.5. The van der Waals surface area contributed by atoms with Gasteiger partial charge in [-0.3, -0.25) is 9.59 Å². The summed E-state index contributed by atoms with van der Waals surface area (Å²) in [6, 6.07) is 35.9. The van der Waals surface area contributed by atoms with Crippen LogP contribution in [0.2, 0.25) is 0 Å². The van der Waals surface area contributed by atoms with Crippen LogP contribution in [0.3, 0.4) is 0 Å². The molecule has 42 heavy (non-hydrogen) atoms. The van der Waals surface area contributed by atoms with E-state index in [2.05, 4.69) is 59.0 Å². The molecular formula is C36H34N4O2. The quantitative estimate of drug-likeness (QED) is 0.263. The largest absolute Gasteiger partial charge is 0.368 e. The summed E-state index contributed by atoms with van der Waals surface area (Å²) in [5, 5.41) is 1.09. The summed E-state index contributed by atoms with van der Waals surface area (Å²) in [6.45, 7) is 4.68. The monoisotopic (exact) mass is 554 g/mol. The lowest BCUT2D eigenvalue weighted by Crippen LogP contribution is -2.55. The molecule has 0 aliphatic carbocycles. The van der Waals surface area contributed by atoms with Crippen molar-refractivity contribution in [1.82, 2.24) is 14.4 Å². The van der Waals surface area contributed by atoms with E-state index >= 15 is 0 Å². The average Bonchev–Trinajstić information content (AvgIpc) is 3.51. The molecule has 0 unspecified atom stereocenters. The number of carbonyl (C=O) groups excluding carboxylic acids is 2. The molecule has 0 saturated carbocycles. The molecule has 1 saturated heterocycles. The zero-order valence-corrected chi connectivity index (χ0v) is 24.0. The molecule has 1 fully saturated rings. The molecule has 2 atom stereocenters. The molecular weight excluding hydrogens is 520 g/mol. The van der Waals surface area contributed by atoms with Crippen LogP contribution >= 0.6 is 0 Å². The van der Waals surface area contributed by atoms with E-state index in [1.807, 2.05) is 83.5 Å². The van der Waals surface area contributed by atoms with Crippen molar-refractivity contribution in [1.29, 1.82) is 0 Å². The van der Waals surface area contributed by atoms with Crippen molar-refractivity contribution >= 4 is 28.4 Å². The predicted molar refractivity (Wildman–Crippen MR) is 168 cm³/mol. The fraction of sp³-hybridized carbons (Fsp3) is 0.222. The van der Waals surface area contributed by atoms with Gasteiger partial charge in [-0.25, -0.2) is 0 Å². The van der Waals surface area contributed by atoms with Gasteiger partial charge in [0.15, 0.2) is 0 Å². The summed E-state index contributed by atoms with van der Waals surface area (Å²) in [4.78, 5) is 34.4. The number of piperazine rings is 1. The topological polar surface area (TPSA) is 48.8 Å². The second-order valence-electron chi connectivity index (χ2n) is 11.2. The highest BCUT2D eigenvalue weighted by molar-refractivity contribution is 6.04. The lowest BCUT2D eigenvalue weighted by Gasteiger charge is -2.39. The number of anilines is 1. The number of hydrogen-bond donors (Lipinski definition) is 0. The molecule has 3 heterocycles. The summed E-state index contributed by atoms with van der Waals surface area (Å²) in [5.74, 6) is -0.0957. The van der Waals surface area contributed by atoms with Gasteiger partial charge >= 0.3 is 0 Å². The molecule has 0 radical (unpaired) electrons. The van der Waals surface area contributed by atoms with Crippen LogP contribution in [-0.2, 0) is 11.8 Å². The van der Waals surface area contributed by atoms with Gasteiger partial charge in [0.25, 0.3) is 5.91 Å². The van der Waals surface area contributed by atoms with E-state index in [9.17, 15) is 9.59 Å². The van der Waals surface area contributed by atoms with Crippen LogP contribution in [0.15, 0.2) is 109 Å². The Labute approximate surface area is 246 Å². The summed E-state index contributed by atoms with van der Waals surface area (Å²) in [7, 11) is 2.09. The van der Waals surface area contributed by atoms with Gasteiger partial charge < -0.3 is 19.3 Å². The lowest BCUT2D eigenvalue weighted by molar-refractivity contribution is -0.136. The van der Waals surface area contributed by atoms with Crippen molar-refractivity contribution in [3.63, 3.8) is 0 Å². The summed E-state index contributed by atoms with van der Waals surface area (Å²) in [5.41, 5.74) is 7.09. The Morgan fingerprint density at radius 2 is 1.38 bits per heavy atom. The minimum atomic E-state index is -0.624. The number of para-hydroxylation sites is 2. The lowest BCUT2D eigenvalue weighted by atomic mass is 9.92. The molecule has 2 amide bonds. The minimum Gasteiger partial charge on any atom is -0.368 e. The zero-order valence-electron chi connectivity index (χ0n) is 24.0. The van der Waals surface area contributed by atoms with Crippen molar-refractivity contribution in [2.24, 2.45) is 7.05 Å². The Hall–Kier alpha value is -4.84. The van der Waals surface area contributed by atoms with Gasteiger partial charge in [-0.1, -0.05) is 84.9 Å². The average molecular weight is 555 g/mol. The Bertz CT molecular complexity index is 1770. The maximum Gasteiger partial charge on any atom is 0.255 e. The molecule has 210 valence electrons. The van der Waals surface area contributed by atoms with Gasteiger partial charge in [0, 0.05) is 60.9 Å². The van der Waals surface area contributed by atoms with E-state index in [-0.39, 0.29) is 17.9 Å². The van der Waals surface area contributed by atoms with Crippen molar-refractivity contribution in [2.45, 2.75) is 19.0 Å². The number of rotatable bonds is 5. The predicted octanol–water partition coefficient (Wildman–Crippen LogP) is 6.13. The standard InChI is InChI=1S/C36H34N4O2/c1-25(35(41)39-23-21-38(22-24-39)27-15-7-4-8-16-27)40-34(28-17-9-10-18-29(28)36(40)42)32-30-19-11-12-20-31(30)37(2)33(32)26-13-5-3-6-14-26/h3-20,25,34H,21-24H2,1-2H3/t25-,34+/m0/s1. The van der Waals surface area contributed by atoms with Crippen LogP contribution in [0.25, 0.3) is 22.2 Å². The van der Waals surface area contributed by atoms with Crippen LogP contribution in [-0.4, -0.2) is 58.4 Å². The van der Waals surface area contributed by atoms with Crippen LogP contribution in [0.4, 0.5) is 5.69 Å². The van der Waals surface area contributed by atoms with Gasteiger partial charge in [-0.05, 0) is 42.3 Å². The second-order valence-corrected chi connectivity index (χ2v) is 11.2. The third kappa shape index (κ3) is 4.17. The summed E-state index contributed by atoms with van der Waals surface area (Å²) >= 11 is 0. The third-order valence-corrected chi connectivity index (χ3v) is 8.95. The molecule has 7 rings (SSSR count). The first-order valence-electron chi connectivity index (χ1n) is 14.7. The SMILES string of the molecule is C[C@@H](C(=O)N1CCN(c2ccccc2)CC1)N1C(=O)c2ccccc2[C@@H]1c1c(-c2ccccc2)n(C)c2ccccc12. The minimum absolute atomic E-state index is 0.00429. The van der Waals surface area contributed by atoms with E-state index in [0.29, 0.717) is 18.7 Å². The first kappa shape index (κ1) is 26.1. The highest BCUT2D eigenvalue weighted by Crippen LogP contribution is 2.47. The van der Waals surface area contributed by atoms with E-state index in [1.54, 1.807) is 0 Å². The number of fused-ring (bicyclic) bond motifs is 2. The number of nitrogens with zero attached hydrogens (tertiary/aromatic N) is 4. The highest BCUT2D eigenvalue weighted by atomic mass is 16.2. The van der Waals surface area contributed by atoms with Crippen molar-refractivity contribution in [3.05, 3.63) is 126 Å². The van der Waals surface area contributed by atoms with Crippen LogP contribution < -0.4 is 4.90 Å². The van der Waals surface area contributed by atoms with E-state index in [1.165, 1.54) is 5.69 Å². The molecule has 0 spiro atoms. The smallest absolute Gasteiger partial charge is 0.255 e. The number of benzene rings is 4. The fourth-order valence-electron chi connectivity index (χ4n) is 6.88. The molecule has 2 aliphatic heterocycles. The molecule has 2 aliphatic rings. The van der Waals surface area contributed by atoms with E-state index in [0.717, 1.165) is 46.4 Å². The normalized spacial score (nSPS) is 17.5. The van der Waals surface area contributed by atoms with Gasteiger partial charge in [0.2, 0.25) is 5.91 Å². The number of aryl methyl sites for hydroxylation is 1. The summed E-state index contributed by atoms with van der Waals surface area (Å²) in [6.07, 6.45) is 0. The fourth-order valence-corrected chi connectivity index (χ4v) is 6.88. The number of hydrogen-bond acceptors (Lipinski definition) is 3. The van der Waals surface area contributed by atoms with Crippen LogP contribution in [0.5, 0.6) is 0 Å². The third-order valence-electron chi connectivity index (χ3n) is 8.95. The van der Waals surface area contributed by atoms with Gasteiger partial charge in [-0.2, -0.15) is 0 Å². The Morgan fingerprint density at radius 1 is 0.762 bits per heavy atom. The molecule has 6 nitrogen and oxygen atoms in total. The molecule has 0 bridgehead atoms. The van der Waals surface area contributed by atoms with Crippen LogP contribution in [0, 0.1) is 0 Å². The Morgan fingerprint density at radius 3 is 2.12 bits per heavy atom. The Kier molecular flexibility index (Phi) is 6.54. The zero-order chi connectivity index (χ0) is 28.8.